The summed E-state index contributed by atoms with van der Waals surface area (Å²) >= 11 is 5.54. The Hall–Kier alpha value is -0.670. The van der Waals surface area contributed by atoms with Gasteiger partial charge >= 0.3 is 0 Å². The Bertz CT molecular complexity index is 323. The Kier molecular flexibility index (Phi) is 2.22. The van der Waals surface area contributed by atoms with Gasteiger partial charge in [0.1, 0.15) is 5.15 Å². The maximum Gasteiger partial charge on any atom is 0.217 e. The number of hydrogen-bond acceptors (Lipinski definition) is 2. The summed E-state index contributed by atoms with van der Waals surface area (Å²) in [5.41, 5.74) is 6.26. The minimum Gasteiger partial charge on any atom is -0.328 e. The topological polar surface area (TPSA) is 38.9 Å². The van der Waals surface area contributed by atoms with Crippen LogP contribution < -0.4 is 5.73 Å². The molecule has 2 rings (SSSR count). The highest BCUT2D eigenvalue weighted by Gasteiger charge is 2.29. The normalized spacial score (nSPS) is 27.0. The fourth-order valence-corrected chi connectivity index (χ4v) is 1.78. The Morgan fingerprint density at radius 2 is 2.15 bits per heavy atom. The van der Waals surface area contributed by atoms with Crippen LogP contribution in [0.3, 0.4) is 0 Å². The maximum atomic E-state index is 13.2. The number of pyridine rings is 1. The number of hydrogen-bond donors (Lipinski definition) is 1. The molecule has 1 fully saturated rings. The molecule has 4 heteroatoms. The van der Waals surface area contributed by atoms with Crippen molar-refractivity contribution in [3.63, 3.8) is 0 Å². The molecule has 2 nitrogen and oxygen atoms in total. The van der Waals surface area contributed by atoms with E-state index in [1.54, 1.807) is 12.1 Å². The van der Waals surface area contributed by atoms with E-state index < -0.39 is 5.95 Å². The van der Waals surface area contributed by atoms with Crippen molar-refractivity contribution in [1.29, 1.82) is 0 Å². The summed E-state index contributed by atoms with van der Waals surface area (Å²) in [5, 5.41) is 0.199. The van der Waals surface area contributed by atoms with Crippen LogP contribution in [0.5, 0.6) is 0 Å². The average Bonchev–Trinajstić information content (AvgIpc) is 2.00. The molecule has 0 bridgehead atoms. The number of aromatic nitrogens is 1. The third-order valence-electron chi connectivity index (χ3n) is 2.46. The van der Waals surface area contributed by atoms with E-state index >= 15 is 0 Å². The third kappa shape index (κ3) is 1.67. The highest BCUT2D eigenvalue weighted by Crippen LogP contribution is 2.36. The van der Waals surface area contributed by atoms with Gasteiger partial charge in [-0.25, -0.2) is 4.98 Å². The second-order valence-corrected chi connectivity index (χ2v) is 3.83. The van der Waals surface area contributed by atoms with Crippen LogP contribution in [0.15, 0.2) is 12.1 Å². The molecule has 0 radical (unpaired) electrons. The molecule has 13 heavy (non-hydrogen) atoms. The molecule has 0 spiro atoms. The summed E-state index contributed by atoms with van der Waals surface area (Å²) in [6.07, 6.45) is 1.69. The molecule has 1 aromatic rings. The molecule has 1 saturated carbocycles. The second-order valence-electron chi connectivity index (χ2n) is 3.44. The molecule has 1 heterocycles. The van der Waals surface area contributed by atoms with Crippen LogP contribution in [0.1, 0.15) is 24.3 Å². The lowest BCUT2D eigenvalue weighted by atomic mass is 9.77. The molecule has 1 aliphatic carbocycles. The molecule has 0 amide bonds. The minimum atomic E-state index is -0.454. The first kappa shape index (κ1) is 8.91. The average molecular weight is 201 g/mol. The zero-order valence-corrected chi connectivity index (χ0v) is 7.76. The van der Waals surface area contributed by atoms with Crippen LogP contribution in [-0.4, -0.2) is 11.0 Å². The van der Waals surface area contributed by atoms with Gasteiger partial charge in [0, 0.05) is 11.6 Å². The van der Waals surface area contributed by atoms with Gasteiger partial charge in [0.15, 0.2) is 0 Å². The van der Waals surface area contributed by atoms with Gasteiger partial charge in [-0.15, -0.1) is 0 Å². The van der Waals surface area contributed by atoms with Gasteiger partial charge in [-0.2, -0.15) is 4.39 Å². The molecule has 0 unspecified atom stereocenters. The van der Waals surface area contributed by atoms with E-state index in [1.807, 2.05) is 0 Å². The first-order valence-electron chi connectivity index (χ1n) is 4.24. The summed E-state index contributed by atoms with van der Waals surface area (Å²) in [5.74, 6) is -0.218. The van der Waals surface area contributed by atoms with Crippen LogP contribution in [0.2, 0.25) is 5.15 Å². The summed E-state index contributed by atoms with van der Waals surface area (Å²) in [6, 6.07) is 3.53. The maximum absolute atomic E-state index is 13.2. The van der Waals surface area contributed by atoms with Crippen LogP contribution in [-0.2, 0) is 0 Å². The van der Waals surface area contributed by atoms with Crippen molar-refractivity contribution in [3.05, 3.63) is 28.8 Å². The van der Waals surface area contributed by atoms with E-state index in [-0.39, 0.29) is 17.1 Å². The second kappa shape index (κ2) is 3.24. The van der Waals surface area contributed by atoms with E-state index in [0.717, 1.165) is 12.8 Å². The van der Waals surface area contributed by atoms with Crippen molar-refractivity contribution < 1.29 is 4.39 Å². The highest BCUT2D eigenvalue weighted by molar-refractivity contribution is 6.29. The van der Waals surface area contributed by atoms with Crippen molar-refractivity contribution in [2.75, 3.05) is 0 Å². The molecule has 1 aromatic heterocycles. The minimum absolute atomic E-state index is 0.199. The molecule has 2 N–H and O–H groups in total. The monoisotopic (exact) mass is 200 g/mol. The first-order valence-corrected chi connectivity index (χ1v) is 4.62. The standard InChI is InChI=1S/C9H10ClFN2/c10-8-2-1-7(9(11)13-8)5-3-6(12)4-5/h1-2,5-6H,3-4,12H2. The molecular weight excluding hydrogens is 191 g/mol. The molecule has 70 valence electrons. The lowest BCUT2D eigenvalue weighted by Gasteiger charge is -2.32. The smallest absolute Gasteiger partial charge is 0.217 e. The molecular formula is C9H10ClFN2. The summed E-state index contributed by atoms with van der Waals surface area (Å²) < 4.78 is 13.2. The largest absolute Gasteiger partial charge is 0.328 e. The van der Waals surface area contributed by atoms with E-state index in [0.29, 0.717) is 5.56 Å². The van der Waals surface area contributed by atoms with Crippen LogP contribution >= 0.6 is 11.6 Å². The predicted octanol–water partition coefficient (Wildman–Crippen LogP) is 2.08. The zero-order chi connectivity index (χ0) is 9.42. The van der Waals surface area contributed by atoms with E-state index in [2.05, 4.69) is 4.98 Å². The van der Waals surface area contributed by atoms with Gasteiger partial charge in [0.25, 0.3) is 0 Å². The van der Waals surface area contributed by atoms with Gasteiger partial charge in [0.2, 0.25) is 5.95 Å². The number of nitrogens with two attached hydrogens (primary N) is 1. The highest BCUT2D eigenvalue weighted by atomic mass is 35.5. The fraction of sp³-hybridized carbons (Fsp3) is 0.444. The van der Waals surface area contributed by atoms with E-state index in [1.165, 1.54) is 0 Å². The quantitative estimate of drug-likeness (QED) is 0.705. The van der Waals surface area contributed by atoms with E-state index in [9.17, 15) is 4.39 Å². The molecule has 0 saturated heterocycles. The van der Waals surface area contributed by atoms with Crippen LogP contribution in [0.25, 0.3) is 0 Å². The van der Waals surface area contributed by atoms with Crippen molar-refractivity contribution in [1.82, 2.24) is 4.98 Å². The SMILES string of the molecule is NC1CC(c2ccc(Cl)nc2F)C1. The van der Waals surface area contributed by atoms with Crippen molar-refractivity contribution >= 4 is 11.6 Å². The Morgan fingerprint density at radius 3 is 2.69 bits per heavy atom. The lowest BCUT2D eigenvalue weighted by molar-refractivity contribution is 0.339. The summed E-state index contributed by atoms with van der Waals surface area (Å²) in [4.78, 5) is 3.56. The van der Waals surface area contributed by atoms with Crippen molar-refractivity contribution in [2.45, 2.75) is 24.8 Å². The van der Waals surface area contributed by atoms with Gasteiger partial charge in [-0.1, -0.05) is 17.7 Å². The zero-order valence-electron chi connectivity index (χ0n) is 7.00. The van der Waals surface area contributed by atoms with Gasteiger partial charge < -0.3 is 5.73 Å². The van der Waals surface area contributed by atoms with Crippen molar-refractivity contribution in [3.8, 4) is 0 Å². The summed E-state index contributed by atoms with van der Waals surface area (Å²) in [6.45, 7) is 0. The number of rotatable bonds is 1. The number of nitrogens with zero attached hydrogens (tertiary/aromatic N) is 1. The molecule has 1 aliphatic rings. The summed E-state index contributed by atoms with van der Waals surface area (Å²) in [7, 11) is 0. The molecule has 0 atom stereocenters. The van der Waals surface area contributed by atoms with Gasteiger partial charge in [0.05, 0.1) is 0 Å². The Labute approximate surface area is 80.9 Å². The molecule has 0 aliphatic heterocycles. The Morgan fingerprint density at radius 1 is 1.46 bits per heavy atom. The number of halogens is 2. The Balaban J connectivity index is 2.21. The molecule has 0 aromatic carbocycles. The third-order valence-corrected chi connectivity index (χ3v) is 2.67. The van der Waals surface area contributed by atoms with E-state index in [4.69, 9.17) is 17.3 Å². The fourth-order valence-electron chi connectivity index (χ4n) is 1.64. The first-order chi connectivity index (χ1) is 6.16. The van der Waals surface area contributed by atoms with Gasteiger partial charge in [-0.3, -0.25) is 0 Å². The lowest BCUT2D eigenvalue weighted by Crippen LogP contribution is -2.35. The van der Waals surface area contributed by atoms with Gasteiger partial charge in [-0.05, 0) is 24.8 Å². The van der Waals surface area contributed by atoms with Crippen LogP contribution in [0, 0.1) is 5.95 Å². The van der Waals surface area contributed by atoms with Crippen molar-refractivity contribution in [2.24, 2.45) is 5.73 Å². The predicted molar refractivity (Wildman–Crippen MR) is 49.2 cm³/mol. The van der Waals surface area contributed by atoms with Crippen LogP contribution in [0.4, 0.5) is 4.39 Å².